The first kappa shape index (κ1) is 21.3. The predicted molar refractivity (Wildman–Crippen MR) is 118 cm³/mol. The summed E-state index contributed by atoms with van der Waals surface area (Å²) in [4.78, 5) is 19.1. The number of methoxy groups -OCH3 is 2. The van der Waals surface area contributed by atoms with Gasteiger partial charge in [-0.15, -0.1) is 11.3 Å². The topological polar surface area (TPSA) is 63.7 Å². The van der Waals surface area contributed by atoms with Crippen LogP contribution >= 0.6 is 11.3 Å². The molecule has 2 aromatic carbocycles. The average molecular weight is 442 g/mol. The summed E-state index contributed by atoms with van der Waals surface area (Å²) in [5.41, 5.74) is 4.19. The molecule has 0 bridgehead atoms. The number of amides is 1. The molecule has 0 aliphatic carbocycles. The van der Waals surface area contributed by atoms with Crippen molar-refractivity contribution in [3.63, 3.8) is 0 Å². The summed E-state index contributed by atoms with van der Waals surface area (Å²) in [6.45, 7) is 2.43. The van der Waals surface area contributed by atoms with E-state index in [1.54, 1.807) is 26.4 Å². The van der Waals surface area contributed by atoms with Crippen molar-refractivity contribution in [2.24, 2.45) is 0 Å². The van der Waals surface area contributed by atoms with Crippen LogP contribution in [0.5, 0.6) is 11.5 Å². The van der Waals surface area contributed by atoms with E-state index >= 15 is 0 Å². The maximum absolute atomic E-state index is 13.0. The molecule has 1 aliphatic rings. The van der Waals surface area contributed by atoms with Gasteiger partial charge in [0.2, 0.25) is 5.91 Å². The highest BCUT2D eigenvalue weighted by Gasteiger charge is 2.20. The van der Waals surface area contributed by atoms with Crippen LogP contribution in [0.15, 0.2) is 41.8 Å². The Morgan fingerprint density at radius 3 is 2.58 bits per heavy atom. The van der Waals surface area contributed by atoms with Crippen LogP contribution in [0.3, 0.4) is 0 Å². The molecule has 162 valence electrons. The van der Waals surface area contributed by atoms with Crippen LogP contribution in [0.2, 0.25) is 0 Å². The summed E-state index contributed by atoms with van der Waals surface area (Å²) in [5, 5.41) is 5.38. The Morgan fingerprint density at radius 2 is 1.87 bits per heavy atom. The Kier molecular flexibility index (Phi) is 6.48. The SMILES string of the molecule is COc1cc2c(cc1OC)CN(Cc1csc(NC(=O)Cc3ccc(F)cc3)n1)CC2. The first-order chi connectivity index (χ1) is 15.0. The number of fused-ring (bicyclic) bond motifs is 1. The first-order valence-electron chi connectivity index (χ1n) is 9.99. The molecule has 1 N–H and O–H groups in total. The Bertz CT molecular complexity index is 1070. The molecular weight excluding hydrogens is 417 g/mol. The highest BCUT2D eigenvalue weighted by atomic mass is 32.1. The number of nitrogens with one attached hydrogen (secondary N) is 1. The number of ether oxygens (including phenoxy) is 2. The number of benzene rings is 2. The van der Waals surface area contributed by atoms with E-state index in [9.17, 15) is 9.18 Å². The van der Waals surface area contributed by atoms with Crippen LogP contribution in [0.25, 0.3) is 0 Å². The molecule has 3 aromatic rings. The van der Waals surface area contributed by atoms with Crippen molar-refractivity contribution in [1.29, 1.82) is 0 Å². The summed E-state index contributed by atoms with van der Waals surface area (Å²) in [6.07, 6.45) is 1.12. The van der Waals surface area contributed by atoms with Crippen molar-refractivity contribution in [1.82, 2.24) is 9.88 Å². The molecule has 0 atom stereocenters. The number of halogens is 1. The molecular formula is C23H24FN3O3S. The number of aromatic nitrogens is 1. The lowest BCUT2D eigenvalue weighted by Crippen LogP contribution is -2.30. The third-order valence-corrected chi connectivity index (χ3v) is 6.07. The van der Waals surface area contributed by atoms with Gasteiger partial charge in [-0.25, -0.2) is 9.37 Å². The highest BCUT2D eigenvalue weighted by molar-refractivity contribution is 7.13. The molecule has 0 unspecified atom stereocenters. The van der Waals surface area contributed by atoms with Crippen molar-refractivity contribution in [3.05, 3.63) is 70.0 Å². The van der Waals surface area contributed by atoms with Gasteiger partial charge in [0.05, 0.1) is 26.3 Å². The van der Waals surface area contributed by atoms with Crippen molar-refractivity contribution in [2.45, 2.75) is 25.9 Å². The number of thiazole rings is 1. The predicted octanol–water partition coefficient (Wildman–Crippen LogP) is 4.04. The van der Waals surface area contributed by atoms with E-state index in [-0.39, 0.29) is 18.1 Å². The van der Waals surface area contributed by atoms with E-state index in [1.165, 1.54) is 34.6 Å². The third kappa shape index (κ3) is 5.21. The molecule has 0 fully saturated rings. The summed E-state index contributed by atoms with van der Waals surface area (Å²) >= 11 is 1.41. The minimum absolute atomic E-state index is 0.166. The zero-order valence-electron chi connectivity index (χ0n) is 17.5. The largest absolute Gasteiger partial charge is 0.493 e. The maximum atomic E-state index is 13.0. The number of rotatable bonds is 7. The Labute approximate surface area is 184 Å². The van der Waals surface area contributed by atoms with Gasteiger partial charge < -0.3 is 14.8 Å². The summed E-state index contributed by atoms with van der Waals surface area (Å²) in [7, 11) is 3.30. The number of nitrogens with zero attached hydrogens (tertiary/aromatic N) is 2. The van der Waals surface area contributed by atoms with Crippen molar-refractivity contribution >= 4 is 22.4 Å². The first-order valence-corrected chi connectivity index (χ1v) is 10.9. The zero-order valence-corrected chi connectivity index (χ0v) is 18.3. The number of anilines is 1. The highest BCUT2D eigenvalue weighted by Crippen LogP contribution is 2.33. The molecule has 1 aromatic heterocycles. The van der Waals surface area contributed by atoms with Crippen LogP contribution in [0.4, 0.5) is 9.52 Å². The standard InChI is InChI=1S/C23H24FN3O3S/c1-29-20-10-16-7-8-27(12-17(16)11-21(20)30-2)13-19-14-31-23(25-19)26-22(28)9-15-3-5-18(24)6-4-15/h3-6,10-11,14H,7-9,12-13H2,1-2H3,(H,25,26,28). The quantitative estimate of drug-likeness (QED) is 0.600. The van der Waals surface area contributed by atoms with Crippen LogP contribution < -0.4 is 14.8 Å². The molecule has 1 aliphatic heterocycles. The van der Waals surface area contributed by atoms with Gasteiger partial charge in [0.25, 0.3) is 0 Å². The number of carbonyl (C=O) groups is 1. The van der Waals surface area contributed by atoms with Gasteiger partial charge in [0.15, 0.2) is 16.6 Å². The van der Waals surface area contributed by atoms with E-state index in [4.69, 9.17) is 9.47 Å². The minimum atomic E-state index is -0.313. The molecule has 31 heavy (non-hydrogen) atoms. The van der Waals surface area contributed by atoms with Gasteiger partial charge in [-0.2, -0.15) is 0 Å². The monoisotopic (exact) mass is 441 g/mol. The number of carbonyl (C=O) groups excluding carboxylic acids is 1. The molecule has 0 saturated heterocycles. The Balaban J connectivity index is 1.35. The van der Waals surface area contributed by atoms with Gasteiger partial charge >= 0.3 is 0 Å². The van der Waals surface area contributed by atoms with E-state index in [0.717, 1.165) is 42.3 Å². The van der Waals surface area contributed by atoms with Gasteiger partial charge in [-0.1, -0.05) is 12.1 Å². The van der Waals surface area contributed by atoms with Crippen molar-refractivity contribution < 1.29 is 18.7 Å². The van der Waals surface area contributed by atoms with Crippen LogP contribution in [0, 0.1) is 5.82 Å². The smallest absolute Gasteiger partial charge is 0.230 e. The van der Waals surface area contributed by atoms with Crippen molar-refractivity contribution in [2.75, 3.05) is 26.1 Å². The van der Waals surface area contributed by atoms with Crippen molar-refractivity contribution in [3.8, 4) is 11.5 Å². The van der Waals surface area contributed by atoms with E-state index in [2.05, 4.69) is 21.3 Å². The van der Waals surface area contributed by atoms with Gasteiger partial charge in [-0.05, 0) is 47.4 Å². The van der Waals surface area contributed by atoms with Gasteiger partial charge in [0, 0.05) is 25.0 Å². The summed E-state index contributed by atoms with van der Waals surface area (Å²) < 4.78 is 23.8. The molecule has 8 heteroatoms. The normalized spacial score (nSPS) is 13.5. The van der Waals surface area contributed by atoms with Gasteiger partial charge in [-0.3, -0.25) is 9.69 Å². The average Bonchev–Trinajstić information content (AvgIpc) is 3.20. The second kappa shape index (κ2) is 9.45. The van der Waals surface area contributed by atoms with Crippen LogP contribution in [-0.2, 0) is 30.7 Å². The molecule has 0 saturated carbocycles. The molecule has 4 rings (SSSR count). The number of hydrogen-bond donors (Lipinski definition) is 1. The molecule has 0 radical (unpaired) electrons. The van der Waals surface area contributed by atoms with E-state index in [1.807, 2.05) is 11.4 Å². The summed E-state index contributed by atoms with van der Waals surface area (Å²) in [6, 6.07) is 10.0. The number of hydrogen-bond acceptors (Lipinski definition) is 6. The van der Waals surface area contributed by atoms with Crippen LogP contribution in [0.1, 0.15) is 22.4 Å². The maximum Gasteiger partial charge on any atom is 0.230 e. The fraction of sp³-hybridized carbons (Fsp3) is 0.304. The molecule has 0 spiro atoms. The second-order valence-electron chi connectivity index (χ2n) is 7.43. The van der Waals surface area contributed by atoms with E-state index < -0.39 is 0 Å². The Hall–Kier alpha value is -2.97. The fourth-order valence-electron chi connectivity index (χ4n) is 3.69. The molecule has 2 heterocycles. The van der Waals surface area contributed by atoms with Crippen LogP contribution in [-0.4, -0.2) is 36.6 Å². The van der Waals surface area contributed by atoms with Gasteiger partial charge in [0.1, 0.15) is 5.82 Å². The molecule has 6 nitrogen and oxygen atoms in total. The Morgan fingerprint density at radius 1 is 1.16 bits per heavy atom. The summed E-state index contributed by atoms with van der Waals surface area (Å²) in [5.74, 6) is 1.02. The third-order valence-electron chi connectivity index (χ3n) is 5.26. The minimum Gasteiger partial charge on any atom is -0.493 e. The lowest BCUT2D eigenvalue weighted by atomic mass is 9.98. The molecule has 1 amide bonds. The zero-order chi connectivity index (χ0) is 21.8. The second-order valence-corrected chi connectivity index (χ2v) is 8.29. The lowest BCUT2D eigenvalue weighted by molar-refractivity contribution is -0.115. The van der Waals surface area contributed by atoms with E-state index in [0.29, 0.717) is 11.7 Å². The lowest BCUT2D eigenvalue weighted by Gasteiger charge is -2.29. The fourth-order valence-corrected chi connectivity index (χ4v) is 4.41.